The molecule has 35 heavy (non-hydrogen) atoms. The minimum absolute atomic E-state index is 0.141. The molecule has 8 heteroatoms. The van der Waals surface area contributed by atoms with Crippen LogP contribution in [0.15, 0.2) is 0 Å². The van der Waals surface area contributed by atoms with Gasteiger partial charge in [0.25, 0.3) is 0 Å². The largest absolute Gasteiger partial charge is 0.748 e. The summed E-state index contributed by atoms with van der Waals surface area (Å²) < 4.78 is 32.8. The highest BCUT2D eigenvalue weighted by Gasteiger charge is 2.63. The van der Waals surface area contributed by atoms with E-state index >= 15 is 0 Å². The maximum absolute atomic E-state index is 12.4. The first-order valence-corrected chi connectivity index (χ1v) is 15.4. The Bertz CT molecular complexity index is 894. The molecule has 4 aliphatic rings. The Kier molecular flexibility index (Phi) is 7.72. The molecule has 0 spiro atoms. The zero-order valence-corrected chi connectivity index (χ0v) is 22.7. The van der Waals surface area contributed by atoms with E-state index in [0.29, 0.717) is 42.4 Å². The molecule has 0 bridgehead atoms. The summed E-state index contributed by atoms with van der Waals surface area (Å²) >= 11 is 0. The molecule has 0 aliphatic heterocycles. The average Bonchev–Trinajstić information content (AvgIpc) is 3.11. The molecule has 3 N–H and O–H groups in total. The summed E-state index contributed by atoms with van der Waals surface area (Å²) in [6.07, 6.45) is 8.80. The van der Waals surface area contributed by atoms with Crippen LogP contribution in [0, 0.1) is 46.3 Å². The predicted molar refractivity (Wildman–Crippen MR) is 133 cm³/mol. The number of carbonyl (C=O) groups is 1. The molecular weight excluding hydrogens is 466 g/mol. The van der Waals surface area contributed by atoms with Crippen LogP contribution in [-0.2, 0) is 14.9 Å². The van der Waals surface area contributed by atoms with Crippen molar-refractivity contribution in [3.63, 3.8) is 0 Å². The SMILES string of the molecule is C[C@H](CCC(=O)N[C@@H](C)CS(=O)(=O)[O-])[C@H]1CC[C@H]2[C@@H]3CC[C@@H]4C[C@H](O)CC[C@]4(C)[C@H]3C[C@H](O)[C@]12C. The Hall–Kier alpha value is -0.700. The van der Waals surface area contributed by atoms with E-state index in [1.165, 1.54) is 19.8 Å². The van der Waals surface area contributed by atoms with Crippen molar-refractivity contribution in [3.8, 4) is 0 Å². The monoisotopic (exact) mass is 512 g/mol. The summed E-state index contributed by atoms with van der Waals surface area (Å²) in [4.78, 5) is 12.4. The summed E-state index contributed by atoms with van der Waals surface area (Å²) in [5.74, 6) is 2.05. The number of hydrogen-bond donors (Lipinski definition) is 3. The predicted octanol–water partition coefficient (Wildman–Crippen LogP) is 3.44. The third kappa shape index (κ3) is 5.19. The standard InChI is InChI=1S/C27H47NO6S/c1-16(5-10-25(31)28-17(2)15-35(32,33)34)21-8-9-22-20-7-6-18-13-19(29)11-12-26(18,3)23(20)14-24(30)27(21,22)4/h16-24,29-30H,5-15H2,1-4H3,(H,28,31)(H,32,33,34)/p-1/t16-,17+,18-,19-,20+,21-,22+,23+,24+,26+,27-/m1/s1. The number of carbonyl (C=O) groups excluding carboxylic acids is 1. The van der Waals surface area contributed by atoms with Crippen LogP contribution in [0.25, 0.3) is 0 Å². The fraction of sp³-hybridized carbons (Fsp3) is 0.963. The van der Waals surface area contributed by atoms with Crippen molar-refractivity contribution in [2.24, 2.45) is 46.3 Å². The van der Waals surface area contributed by atoms with Crippen molar-refractivity contribution in [1.82, 2.24) is 5.32 Å². The minimum Gasteiger partial charge on any atom is -0.748 e. The molecule has 0 aromatic heterocycles. The van der Waals surface area contributed by atoms with Gasteiger partial charge >= 0.3 is 0 Å². The van der Waals surface area contributed by atoms with Gasteiger partial charge in [-0.05, 0) is 111 Å². The van der Waals surface area contributed by atoms with Gasteiger partial charge in [0, 0.05) is 12.5 Å². The van der Waals surface area contributed by atoms with Gasteiger partial charge in [-0.2, -0.15) is 0 Å². The summed E-state index contributed by atoms with van der Waals surface area (Å²) in [5.41, 5.74) is 0.0822. The van der Waals surface area contributed by atoms with Crippen molar-refractivity contribution in [2.45, 2.75) is 110 Å². The summed E-state index contributed by atoms with van der Waals surface area (Å²) in [6.45, 7) is 8.46. The van der Waals surface area contributed by atoms with Crippen LogP contribution in [0.2, 0.25) is 0 Å². The maximum atomic E-state index is 12.4. The lowest BCUT2D eigenvalue weighted by molar-refractivity contribution is -0.174. The van der Waals surface area contributed by atoms with Gasteiger partial charge in [-0.25, -0.2) is 8.42 Å². The van der Waals surface area contributed by atoms with Crippen LogP contribution in [0.3, 0.4) is 0 Å². The molecular formula is C27H46NO6S-. The van der Waals surface area contributed by atoms with Crippen LogP contribution >= 0.6 is 0 Å². The molecule has 202 valence electrons. The van der Waals surface area contributed by atoms with Crippen molar-refractivity contribution >= 4 is 16.0 Å². The van der Waals surface area contributed by atoms with E-state index in [9.17, 15) is 28.0 Å². The normalized spacial score (nSPS) is 45.1. The fourth-order valence-corrected chi connectivity index (χ4v) is 10.1. The molecule has 1 amide bonds. The lowest BCUT2D eigenvalue weighted by Crippen LogP contribution is -2.58. The first-order chi connectivity index (χ1) is 16.3. The molecule has 11 atom stereocenters. The Morgan fingerprint density at radius 2 is 1.77 bits per heavy atom. The highest BCUT2D eigenvalue weighted by molar-refractivity contribution is 7.85. The average molecular weight is 513 g/mol. The molecule has 4 aliphatic carbocycles. The second-order valence-corrected chi connectivity index (χ2v) is 14.5. The molecule has 4 saturated carbocycles. The van der Waals surface area contributed by atoms with Crippen molar-refractivity contribution < 1.29 is 28.0 Å². The van der Waals surface area contributed by atoms with E-state index < -0.39 is 21.9 Å². The van der Waals surface area contributed by atoms with Gasteiger partial charge in [0.15, 0.2) is 0 Å². The number of amides is 1. The molecule has 0 aromatic rings. The number of aliphatic hydroxyl groups is 2. The first-order valence-electron chi connectivity index (χ1n) is 13.8. The molecule has 0 aromatic carbocycles. The van der Waals surface area contributed by atoms with Gasteiger partial charge in [0.1, 0.15) is 0 Å². The number of nitrogens with one attached hydrogen (secondary N) is 1. The van der Waals surface area contributed by atoms with Gasteiger partial charge in [-0.1, -0.05) is 20.8 Å². The molecule has 0 saturated heterocycles. The second-order valence-electron chi connectivity index (χ2n) is 13.1. The fourth-order valence-electron chi connectivity index (χ4n) is 9.41. The molecule has 4 rings (SSSR count). The third-order valence-corrected chi connectivity index (χ3v) is 12.1. The molecule has 0 unspecified atom stereocenters. The topological polar surface area (TPSA) is 127 Å². The van der Waals surface area contributed by atoms with Crippen molar-refractivity contribution in [3.05, 3.63) is 0 Å². The van der Waals surface area contributed by atoms with Crippen molar-refractivity contribution in [2.75, 3.05) is 5.75 Å². The molecule has 4 fully saturated rings. The van der Waals surface area contributed by atoms with E-state index in [1.807, 2.05) is 0 Å². The number of aliphatic hydroxyl groups excluding tert-OH is 2. The van der Waals surface area contributed by atoms with Gasteiger partial charge in [-0.3, -0.25) is 4.79 Å². The molecule has 7 nitrogen and oxygen atoms in total. The van der Waals surface area contributed by atoms with Crippen molar-refractivity contribution in [1.29, 1.82) is 0 Å². The number of rotatable bonds is 7. The lowest BCUT2D eigenvalue weighted by Gasteiger charge is -2.62. The van der Waals surface area contributed by atoms with Crippen LogP contribution in [0.1, 0.15) is 91.9 Å². The Morgan fingerprint density at radius 3 is 2.46 bits per heavy atom. The molecule has 0 radical (unpaired) electrons. The zero-order chi connectivity index (χ0) is 25.8. The highest BCUT2D eigenvalue weighted by Crippen LogP contribution is 2.68. The maximum Gasteiger partial charge on any atom is 0.220 e. The van der Waals surface area contributed by atoms with Gasteiger partial charge in [0.2, 0.25) is 5.91 Å². The van der Waals surface area contributed by atoms with Crippen LogP contribution in [0.5, 0.6) is 0 Å². The zero-order valence-electron chi connectivity index (χ0n) is 21.9. The van der Waals surface area contributed by atoms with Crippen LogP contribution in [0.4, 0.5) is 0 Å². The summed E-state index contributed by atoms with van der Waals surface area (Å²) in [5, 5.41) is 24.6. The van der Waals surface area contributed by atoms with Crippen LogP contribution in [-0.4, -0.2) is 53.1 Å². The van der Waals surface area contributed by atoms with E-state index in [2.05, 4.69) is 26.1 Å². The highest BCUT2D eigenvalue weighted by atomic mass is 32.2. The Morgan fingerprint density at radius 1 is 1.06 bits per heavy atom. The Labute approximate surface area is 211 Å². The van der Waals surface area contributed by atoms with E-state index in [-0.39, 0.29) is 34.9 Å². The van der Waals surface area contributed by atoms with E-state index in [0.717, 1.165) is 38.5 Å². The molecule has 0 heterocycles. The second kappa shape index (κ2) is 9.88. The number of fused-ring (bicyclic) bond motifs is 5. The third-order valence-electron chi connectivity index (χ3n) is 11.2. The minimum atomic E-state index is -4.37. The quantitative estimate of drug-likeness (QED) is 0.449. The van der Waals surface area contributed by atoms with Crippen LogP contribution < -0.4 is 5.32 Å². The lowest BCUT2D eigenvalue weighted by atomic mass is 9.43. The van der Waals surface area contributed by atoms with E-state index in [1.54, 1.807) is 0 Å². The summed E-state index contributed by atoms with van der Waals surface area (Å²) in [7, 11) is -4.37. The first kappa shape index (κ1) is 27.3. The van der Waals surface area contributed by atoms with E-state index in [4.69, 9.17) is 0 Å². The number of hydrogen-bond acceptors (Lipinski definition) is 6. The summed E-state index contributed by atoms with van der Waals surface area (Å²) in [6, 6.07) is -0.692. The van der Waals surface area contributed by atoms with Gasteiger partial charge < -0.3 is 20.1 Å². The smallest absolute Gasteiger partial charge is 0.220 e. The Balaban J connectivity index is 1.40. The van der Waals surface area contributed by atoms with Gasteiger partial charge in [-0.15, -0.1) is 0 Å². The van der Waals surface area contributed by atoms with Gasteiger partial charge in [0.05, 0.1) is 28.1 Å².